The minimum atomic E-state index is 0. The summed E-state index contributed by atoms with van der Waals surface area (Å²) in [4.78, 5) is 6.98. The van der Waals surface area contributed by atoms with Crippen LogP contribution in [0.4, 0.5) is 0 Å². The van der Waals surface area contributed by atoms with Crippen molar-refractivity contribution in [3.63, 3.8) is 0 Å². The highest BCUT2D eigenvalue weighted by Gasteiger charge is 2.54. The van der Waals surface area contributed by atoms with Gasteiger partial charge in [0.1, 0.15) is 5.75 Å². The maximum atomic E-state index is 5.65. The van der Waals surface area contributed by atoms with Crippen molar-refractivity contribution in [2.24, 2.45) is 10.4 Å². The molecule has 2 saturated heterocycles. The van der Waals surface area contributed by atoms with Gasteiger partial charge in [0.25, 0.3) is 0 Å². The molecular formula is C20H30IN3O2. The van der Waals surface area contributed by atoms with E-state index in [-0.39, 0.29) is 29.4 Å². The van der Waals surface area contributed by atoms with Crippen LogP contribution in [0.15, 0.2) is 29.3 Å². The standard InChI is InChI=1S/C20H29N3O2.HI/c1-19(15-6-4-5-7-16(15)24-3)12-17(19)22-18(21-2)23-10-8-20(13-23)9-11-25-14-20;/h4-7,17H,8-14H2,1-3H3,(H,21,22);1H. The van der Waals surface area contributed by atoms with Crippen molar-refractivity contribution in [1.82, 2.24) is 10.2 Å². The van der Waals surface area contributed by atoms with E-state index in [2.05, 4.69) is 40.3 Å². The predicted octanol–water partition coefficient (Wildman–Crippen LogP) is 3.03. The third kappa shape index (κ3) is 3.42. The summed E-state index contributed by atoms with van der Waals surface area (Å²) >= 11 is 0. The van der Waals surface area contributed by atoms with E-state index in [0.717, 1.165) is 44.4 Å². The summed E-state index contributed by atoms with van der Waals surface area (Å²) < 4.78 is 11.2. The maximum absolute atomic E-state index is 5.65. The van der Waals surface area contributed by atoms with E-state index in [4.69, 9.17) is 9.47 Å². The second kappa shape index (κ2) is 7.54. The quantitative estimate of drug-likeness (QED) is 0.419. The number of para-hydroxylation sites is 1. The summed E-state index contributed by atoms with van der Waals surface area (Å²) in [6.45, 7) is 6.26. The van der Waals surface area contributed by atoms with Crippen molar-refractivity contribution >= 4 is 29.9 Å². The fourth-order valence-electron chi connectivity index (χ4n) is 4.53. The Kier molecular flexibility index (Phi) is 5.72. The molecule has 1 N–H and O–H groups in total. The molecule has 5 nitrogen and oxygen atoms in total. The first-order valence-corrected chi connectivity index (χ1v) is 9.30. The number of methoxy groups -OCH3 is 1. The Morgan fingerprint density at radius 3 is 2.85 bits per heavy atom. The van der Waals surface area contributed by atoms with Crippen LogP contribution in [0.3, 0.4) is 0 Å². The number of rotatable bonds is 3. The zero-order valence-electron chi connectivity index (χ0n) is 16.0. The summed E-state index contributed by atoms with van der Waals surface area (Å²) in [7, 11) is 3.64. The Labute approximate surface area is 173 Å². The largest absolute Gasteiger partial charge is 0.496 e. The van der Waals surface area contributed by atoms with Crippen LogP contribution in [0.1, 0.15) is 31.7 Å². The average molecular weight is 471 g/mol. The third-order valence-corrected chi connectivity index (χ3v) is 6.40. The summed E-state index contributed by atoms with van der Waals surface area (Å²) in [6.07, 6.45) is 3.50. The molecule has 3 unspecified atom stereocenters. The monoisotopic (exact) mass is 471 g/mol. The van der Waals surface area contributed by atoms with Gasteiger partial charge in [-0.15, -0.1) is 24.0 Å². The Bertz CT molecular complexity index is 675. The molecular weight excluding hydrogens is 441 g/mol. The first-order chi connectivity index (χ1) is 12.1. The van der Waals surface area contributed by atoms with Crippen LogP contribution < -0.4 is 10.1 Å². The summed E-state index contributed by atoms with van der Waals surface area (Å²) in [5, 5.41) is 3.71. The lowest BCUT2D eigenvalue weighted by Gasteiger charge is -2.26. The SMILES string of the molecule is CN=C(NC1CC1(C)c1ccccc1OC)N1CCC2(CCOC2)C1.I. The average Bonchev–Trinajstić information content (AvgIpc) is 3.00. The van der Waals surface area contributed by atoms with Gasteiger partial charge < -0.3 is 19.7 Å². The van der Waals surface area contributed by atoms with Crippen LogP contribution >= 0.6 is 24.0 Å². The molecule has 1 saturated carbocycles. The zero-order valence-corrected chi connectivity index (χ0v) is 18.3. The molecule has 1 aromatic rings. The van der Waals surface area contributed by atoms with Gasteiger partial charge in [-0.1, -0.05) is 25.1 Å². The zero-order chi connectivity index (χ0) is 17.5. The molecule has 2 aliphatic heterocycles. The van der Waals surface area contributed by atoms with Crippen LogP contribution in [0.2, 0.25) is 0 Å². The third-order valence-electron chi connectivity index (χ3n) is 6.40. The predicted molar refractivity (Wildman–Crippen MR) is 115 cm³/mol. The fraction of sp³-hybridized carbons (Fsp3) is 0.650. The van der Waals surface area contributed by atoms with Gasteiger partial charge in [-0.25, -0.2) is 0 Å². The van der Waals surface area contributed by atoms with Gasteiger partial charge in [0, 0.05) is 49.2 Å². The van der Waals surface area contributed by atoms with Gasteiger partial charge in [-0.3, -0.25) is 4.99 Å². The molecule has 4 rings (SSSR count). The molecule has 6 heteroatoms. The van der Waals surface area contributed by atoms with Gasteiger partial charge >= 0.3 is 0 Å². The number of hydrogen-bond donors (Lipinski definition) is 1. The number of guanidine groups is 1. The van der Waals surface area contributed by atoms with E-state index < -0.39 is 0 Å². The minimum absolute atomic E-state index is 0. The highest BCUT2D eigenvalue weighted by Crippen LogP contribution is 2.51. The van der Waals surface area contributed by atoms with E-state index >= 15 is 0 Å². The minimum Gasteiger partial charge on any atom is -0.496 e. The first-order valence-electron chi connectivity index (χ1n) is 9.30. The molecule has 1 spiro atoms. The van der Waals surface area contributed by atoms with Crippen LogP contribution in [0.25, 0.3) is 0 Å². The van der Waals surface area contributed by atoms with Crippen molar-refractivity contribution < 1.29 is 9.47 Å². The van der Waals surface area contributed by atoms with Crippen LogP contribution in [-0.2, 0) is 10.2 Å². The van der Waals surface area contributed by atoms with Gasteiger partial charge in [-0.05, 0) is 25.3 Å². The number of ether oxygens (including phenoxy) is 2. The molecule has 2 heterocycles. The number of nitrogens with zero attached hydrogens (tertiary/aromatic N) is 2. The number of hydrogen-bond acceptors (Lipinski definition) is 3. The molecule has 0 aromatic heterocycles. The van der Waals surface area contributed by atoms with E-state index in [1.54, 1.807) is 7.11 Å². The Hall–Kier alpha value is -1.02. The molecule has 26 heavy (non-hydrogen) atoms. The Balaban J connectivity index is 0.00000196. The van der Waals surface area contributed by atoms with Gasteiger partial charge in [-0.2, -0.15) is 0 Å². The van der Waals surface area contributed by atoms with Crippen LogP contribution in [0, 0.1) is 5.41 Å². The number of aliphatic imine (C=N–C) groups is 1. The lowest BCUT2D eigenvalue weighted by atomic mass is 9.87. The Morgan fingerprint density at radius 1 is 1.35 bits per heavy atom. The van der Waals surface area contributed by atoms with Gasteiger partial charge in [0.2, 0.25) is 0 Å². The number of halogens is 1. The highest BCUT2D eigenvalue weighted by molar-refractivity contribution is 14.0. The summed E-state index contributed by atoms with van der Waals surface area (Å²) in [5.41, 5.74) is 1.75. The number of likely N-dealkylation sites (tertiary alicyclic amines) is 1. The lowest BCUT2D eigenvalue weighted by molar-refractivity contribution is 0.156. The van der Waals surface area contributed by atoms with Crippen molar-refractivity contribution in [2.75, 3.05) is 40.5 Å². The highest BCUT2D eigenvalue weighted by atomic mass is 127. The summed E-state index contributed by atoms with van der Waals surface area (Å²) in [5.74, 6) is 2.01. The second-order valence-electron chi connectivity index (χ2n) is 8.04. The van der Waals surface area contributed by atoms with Crippen molar-refractivity contribution in [3.05, 3.63) is 29.8 Å². The van der Waals surface area contributed by atoms with Gasteiger partial charge in [0.15, 0.2) is 5.96 Å². The molecule has 0 amide bonds. The first kappa shape index (κ1) is 19.7. The van der Waals surface area contributed by atoms with Crippen LogP contribution in [0.5, 0.6) is 5.75 Å². The van der Waals surface area contributed by atoms with Crippen molar-refractivity contribution in [2.45, 2.75) is 37.6 Å². The van der Waals surface area contributed by atoms with E-state index in [1.807, 2.05) is 13.1 Å². The molecule has 0 radical (unpaired) electrons. The smallest absolute Gasteiger partial charge is 0.193 e. The van der Waals surface area contributed by atoms with Crippen molar-refractivity contribution in [3.8, 4) is 5.75 Å². The lowest BCUT2D eigenvalue weighted by Crippen LogP contribution is -2.43. The second-order valence-corrected chi connectivity index (χ2v) is 8.04. The van der Waals surface area contributed by atoms with Gasteiger partial charge in [0.05, 0.1) is 13.7 Å². The molecule has 3 atom stereocenters. The number of benzene rings is 1. The van der Waals surface area contributed by atoms with E-state index in [0.29, 0.717) is 11.5 Å². The molecule has 1 aliphatic carbocycles. The van der Waals surface area contributed by atoms with Crippen LogP contribution in [-0.4, -0.2) is 57.4 Å². The number of nitrogens with one attached hydrogen (secondary N) is 1. The van der Waals surface area contributed by atoms with E-state index in [9.17, 15) is 0 Å². The molecule has 1 aromatic carbocycles. The fourth-order valence-corrected chi connectivity index (χ4v) is 4.53. The maximum Gasteiger partial charge on any atom is 0.193 e. The molecule has 3 fully saturated rings. The van der Waals surface area contributed by atoms with Crippen molar-refractivity contribution in [1.29, 1.82) is 0 Å². The Morgan fingerprint density at radius 2 is 2.15 bits per heavy atom. The molecule has 0 bridgehead atoms. The van der Waals surface area contributed by atoms with E-state index in [1.165, 1.54) is 18.4 Å². The topological polar surface area (TPSA) is 46.1 Å². The summed E-state index contributed by atoms with van der Waals surface area (Å²) in [6, 6.07) is 8.76. The molecule has 144 valence electrons. The molecule has 3 aliphatic rings. The normalized spacial score (nSPS) is 33.3.